The van der Waals surface area contributed by atoms with Crippen LogP contribution in [0, 0.1) is 5.82 Å². The minimum atomic E-state index is -0.704. The van der Waals surface area contributed by atoms with E-state index in [4.69, 9.17) is 11.6 Å². The van der Waals surface area contributed by atoms with Crippen molar-refractivity contribution in [2.45, 2.75) is 31.0 Å². The molecule has 2 nitrogen and oxygen atoms in total. The molecular weight excluding hydrogens is 289 g/mol. The Hall–Kier alpha value is -1.42. The SMILES string of the molecule is O[C@@H](c1cccc(F)c1)[C@H]1CC[C@@H](c2cccc(Cl)c2)N1. The van der Waals surface area contributed by atoms with Gasteiger partial charge in [-0.2, -0.15) is 0 Å². The van der Waals surface area contributed by atoms with Crippen LogP contribution in [0.25, 0.3) is 0 Å². The summed E-state index contributed by atoms with van der Waals surface area (Å²) >= 11 is 6.02. The van der Waals surface area contributed by atoms with E-state index in [0.29, 0.717) is 10.6 Å². The van der Waals surface area contributed by atoms with E-state index in [1.165, 1.54) is 12.1 Å². The van der Waals surface area contributed by atoms with Gasteiger partial charge in [0.15, 0.2) is 0 Å². The van der Waals surface area contributed by atoms with Crippen molar-refractivity contribution in [1.29, 1.82) is 0 Å². The number of halogens is 2. The first-order valence-electron chi connectivity index (χ1n) is 7.08. The number of aliphatic hydroxyl groups excluding tert-OH is 1. The van der Waals surface area contributed by atoms with Gasteiger partial charge in [-0.25, -0.2) is 4.39 Å². The lowest BCUT2D eigenvalue weighted by Crippen LogP contribution is -2.30. The minimum Gasteiger partial charge on any atom is -0.387 e. The molecule has 2 N–H and O–H groups in total. The molecule has 0 amide bonds. The molecule has 0 unspecified atom stereocenters. The maximum atomic E-state index is 13.3. The van der Waals surface area contributed by atoms with Gasteiger partial charge in [0.1, 0.15) is 5.82 Å². The monoisotopic (exact) mass is 305 g/mol. The highest BCUT2D eigenvalue weighted by Crippen LogP contribution is 2.33. The van der Waals surface area contributed by atoms with E-state index in [0.717, 1.165) is 18.4 Å². The molecule has 4 heteroatoms. The van der Waals surface area contributed by atoms with Crippen molar-refractivity contribution in [3.8, 4) is 0 Å². The Kier molecular flexibility index (Phi) is 4.24. The molecule has 3 atom stereocenters. The smallest absolute Gasteiger partial charge is 0.123 e. The van der Waals surface area contributed by atoms with Crippen LogP contribution < -0.4 is 5.32 Å². The van der Waals surface area contributed by atoms with Crippen LogP contribution in [0.1, 0.15) is 36.1 Å². The number of hydrogen-bond acceptors (Lipinski definition) is 2. The summed E-state index contributed by atoms with van der Waals surface area (Å²) < 4.78 is 13.3. The van der Waals surface area contributed by atoms with Crippen LogP contribution in [0.4, 0.5) is 4.39 Å². The van der Waals surface area contributed by atoms with Crippen LogP contribution in [-0.2, 0) is 0 Å². The fourth-order valence-corrected chi connectivity index (χ4v) is 3.13. The van der Waals surface area contributed by atoms with Gasteiger partial charge in [0, 0.05) is 17.1 Å². The Morgan fingerprint density at radius 3 is 2.71 bits per heavy atom. The normalized spacial score (nSPS) is 23.2. The molecule has 0 spiro atoms. The van der Waals surface area contributed by atoms with Gasteiger partial charge in [-0.3, -0.25) is 0 Å². The van der Waals surface area contributed by atoms with E-state index >= 15 is 0 Å². The Balaban J connectivity index is 1.72. The van der Waals surface area contributed by atoms with Gasteiger partial charge in [-0.05, 0) is 48.2 Å². The summed E-state index contributed by atoms with van der Waals surface area (Å²) in [5, 5.41) is 14.5. The number of aliphatic hydroxyl groups is 1. The highest BCUT2D eigenvalue weighted by molar-refractivity contribution is 6.30. The molecule has 0 bridgehead atoms. The molecule has 1 aliphatic heterocycles. The molecule has 1 heterocycles. The molecule has 21 heavy (non-hydrogen) atoms. The lowest BCUT2D eigenvalue weighted by molar-refractivity contribution is 0.135. The molecule has 2 aromatic carbocycles. The second kappa shape index (κ2) is 6.14. The molecular formula is C17H17ClFNO. The standard InChI is InChI=1S/C17H17ClFNO/c18-13-5-1-3-11(9-13)15-7-8-16(20-15)17(21)12-4-2-6-14(19)10-12/h1-6,9-10,15-17,20-21H,7-8H2/t15-,16+,17-/m0/s1. The van der Waals surface area contributed by atoms with E-state index in [1.54, 1.807) is 12.1 Å². The van der Waals surface area contributed by atoms with Gasteiger partial charge in [0.05, 0.1) is 6.10 Å². The first-order valence-corrected chi connectivity index (χ1v) is 7.46. The second-order valence-electron chi connectivity index (χ2n) is 5.46. The van der Waals surface area contributed by atoms with E-state index in [-0.39, 0.29) is 17.9 Å². The van der Waals surface area contributed by atoms with Gasteiger partial charge in [-0.15, -0.1) is 0 Å². The average Bonchev–Trinajstić information content (AvgIpc) is 2.96. The van der Waals surface area contributed by atoms with Crippen molar-refractivity contribution in [2.75, 3.05) is 0 Å². The Morgan fingerprint density at radius 2 is 1.95 bits per heavy atom. The van der Waals surface area contributed by atoms with Crippen molar-refractivity contribution < 1.29 is 9.50 Å². The molecule has 1 fully saturated rings. The quantitative estimate of drug-likeness (QED) is 0.898. The molecule has 3 rings (SSSR count). The predicted molar refractivity (Wildman–Crippen MR) is 81.7 cm³/mol. The molecule has 0 aromatic heterocycles. The topological polar surface area (TPSA) is 32.3 Å². The van der Waals surface area contributed by atoms with Crippen molar-refractivity contribution in [2.24, 2.45) is 0 Å². The lowest BCUT2D eigenvalue weighted by atomic mass is 10.0. The summed E-state index contributed by atoms with van der Waals surface area (Å²) in [5.74, 6) is -0.323. The minimum absolute atomic E-state index is 0.0734. The lowest BCUT2D eigenvalue weighted by Gasteiger charge is -2.20. The Bertz CT molecular complexity index is 634. The number of rotatable bonds is 3. The largest absolute Gasteiger partial charge is 0.387 e. The highest BCUT2D eigenvalue weighted by Gasteiger charge is 2.30. The van der Waals surface area contributed by atoms with Crippen LogP contribution in [-0.4, -0.2) is 11.1 Å². The molecule has 1 aliphatic rings. The van der Waals surface area contributed by atoms with Crippen LogP contribution in [0.3, 0.4) is 0 Å². The summed E-state index contributed by atoms with van der Waals surface area (Å²) in [6.45, 7) is 0. The van der Waals surface area contributed by atoms with Crippen LogP contribution in [0.5, 0.6) is 0 Å². The fraction of sp³-hybridized carbons (Fsp3) is 0.294. The van der Waals surface area contributed by atoms with Gasteiger partial charge in [0.2, 0.25) is 0 Å². The first kappa shape index (κ1) is 14.5. The molecule has 0 radical (unpaired) electrons. The fourth-order valence-electron chi connectivity index (χ4n) is 2.93. The second-order valence-corrected chi connectivity index (χ2v) is 5.89. The number of benzene rings is 2. The Morgan fingerprint density at radius 1 is 1.14 bits per heavy atom. The molecule has 1 saturated heterocycles. The zero-order valence-corrected chi connectivity index (χ0v) is 12.2. The summed E-state index contributed by atoms with van der Waals surface area (Å²) in [5.41, 5.74) is 1.73. The van der Waals surface area contributed by atoms with E-state index < -0.39 is 6.10 Å². The third-order valence-corrected chi connectivity index (χ3v) is 4.24. The molecule has 0 aliphatic carbocycles. The van der Waals surface area contributed by atoms with Crippen molar-refractivity contribution >= 4 is 11.6 Å². The third kappa shape index (κ3) is 3.26. The molecule has 0 saturated carbocycles. The zero-order chi connectivity index (χ0) is 14.8. The van der Waals surface area contributed by atoms with E-state index in [9.17, 15) is 9.50 Å². The highest BCUT2D eigenvalue weighted by atomic mass is 35.5. The summed E-state index contributed by atoms with van der Waals surface area (Å²) in [7, 11) is 0. The van der Waals surface area contributed by atoms with Gasteiger partial charge in [0.25, 0.3) is 0 Å². The summed E-state index contributed by atoms with van der Waals surface area (Å²) in [4.78, 5) is 0. The maximum absolute atomic E-state index is 13.3. The van der Waals surface area contributed by atoms with Gasteiger partial charge in [-0.1, -0.05) is 35.9 Å². The first-order chi connectivity index (χ1) is 10.1. The molecule has 110 valence electrons. The van der Waals surface area contributed by atoms with Crippen molar-refractivity contribution in [1.82, 2.24) is 5.32 Å². The summed E-state index contributed by atoms with van der Waals surface area (Å²) in [6, 6.07) is 14.0. The van der Waals surface area contributed by atoms with Crippen LogP contribution >= 0.6 is 11.6 Å². The van der Waals surface area contributed by atoms with Crippen molar-refractivity contribution in [3.05, 3.63) is 70.5 Å². The van der Waals surface area contributed by atoms with E-state index in [2.05, 4.69) is 5.32 Å². The number of hydrogen-bond donors (Lipinski definition) is 2. The van der Waals surface area contributed by atoms with Gasteiger partial charge < -0.3 is 10.4 Å². The van der Waals surface area contributed by atoms with E-state index in [1.807, 2.05) is 24.3 Å². The predicted octanol–water partition coefficient (Wildman–Crippen LogP) is 4.01. The van der Waals surface area contributed by atoms with Crippen LogP contribution in [0.15, 0.2) is 48.5 Å². The number of nitrogens with one attached hydrogen (secondary N) is 1. The van der Waals surface area contributed by atoms with Crippen LogP contribution in [0.2, 0.25) is 5.02 Å². The maximum Gasteiger partial charge on any atom is 0.123 e. The molecule has 2 aromatic rings. The van der Waals surface area contributed by atoms with Gasteiger partial charge >= 0.3 is 0 Å². The average molecular weight is 306 g/mol. The Labute approximate surface area is 128 Å². The van der Waals surface area contributed by atoms with Crippen molar-refractivity contribution in [3.63, 3.8) is 0 Å². The summed E-state index contributed by atoms with van der Waals surface area (Å²) in [6.07, 6.45) is 1.07. The zero-order valence-electron chi connectivity index (χ0n) is 11.5. The third-order valence-electron chi connectivity index (χ3n) is 4.00.